The molecule has 1 aliphatic rings. The van der Waals surface area contributed by atoms with Gasteiger partial charge in [-0.25, -0.2) is 9.78 Å². The number of fused-ring (bicyclic) bond motifs is 3. The van der Waals surface area contributed by atoms with Crippen molar-refractivity contribution in [2.24, 2.45) is 5.10 Å². The van der Waals surface area contributed by atoms with Crippen LogP contribution in [0.2, 0.25) is 5.02 Å². The molecular weight excluding hydrogens is 450 g/mol. The molecule has 0 N–H and O–H groups in total. The van der Waals surface area contributed by atoms with E-state index in [0.29, 0.717) is 22.5 Å². The molecule has 0 fully saturated rings. The zero-order chi connectivity index (χ0) is 22.2. The summed E-state index contributed by atoms with van der Waals surface area (Å²) in [4.78, 5) is 31.2. The van der Waals surface area contributed by atoms with Gasteiger partial charge in [-0.1, -0.05) is 17.7 Å². The molecule has 4 aromatic rings. The van der Waals surface area contributed by atoms with Gasteiger partial charge in [0.15, 0.2) is 0 Å². The number of hydrogen-bond donors (Lipinski definition) is 0. The van der Waals surface area contributed by atoms with Crippen molar-refractivity contribution < 1.29 is 13.9 Å². The second kappa shape index (κ2) is 8.37. The highest BCUT2D eigenvalue weighted by Crippen LogP contribution is 2.33. The Morgan fingerprint density at radius 1 is 1.28 bits per heavy atom. The Labute approximate surface area is 191 Å². The topological polar surface area (TPSA) is 86.7 Å². The molecule has 0 unspecified atom stereocenters. The third-order valence-electron chi connectivity index (χ3n) is 5.45. The molecule has 3 heterocycles. The molecule has 7 nitrogen and oxygen atoms in total. The maximum atomic E-state index is 13.0. The van der Waals surface area contributed by atoms with Gasteiger partial charge in [0.05, 0.1) is 29.3 Å². The minimum atomic E-state index is -0.503. The largest absolute Gasteiger partial charge is 0.465 e. The number of aryl methyl sites for hydroxylation is 2. The van der Waals surface area contributed by atoms with Crippen LogP contribution >= 0.6 is 22.9 Å². The van der Waals surface area contributed by atoms with Crippen LogP contribution < -0.4 is 5.56 Å². The average Bonchev–Trinajstić information content (AvgIpc) is 3.43. The first-order valence-electron chi connectivity index (χ1n) is 10.1. The van der Waals surface area contributed by atoms with Crippen molar-refractivity contribution in [2.75, 3.05) is 7.11 Å². The Hall–Kier alpha value is -3.23. The third kappa shape index (κ3) is 3.65. The summed E-state index contributed by atoms with van der Waals surface area (Å²) in [6.45, 7) is 0. The molecule has 0 saturated carbocycles. The zero-order valence-corrected chi connectivity index (χ0v) is 18.7. The van der Waals surface area contributed by atoms with Gasteiger partial charge in [0.2, 0.25) is 0 Å². The number of methoxy groups -OCH3 is 1. The summed E-state index contributed by atoms with van der Waals surface area (Å²) < 4.78 is 11.8. The van der Waals surface area contributed by atoms with Crippen LogP contribution in [0.15, 0.2) is 51.0 Å². The van der Waals surface area contributed by atoms with Crippen molar-refractivity contribution in [3.8, 4) is 11.3 Å². The van der Waals surface area contributed by atoms with Crippen LogP contribution in [0.4, 0.5) is 0 Å². The summed E-state index contributed by atoms with van der Waals surface area (Å²) >= 11 is 7.80. The molecule has 0 bridgehead atoms. The van der Waals surface area contributed by atoms with Crippen molar-refractivity contribution in [3.05, 3.63) is 73.8 Å². The van der Waals surface area contributed by atoms with Crippen LogP contribution in [0.5, 0.6) is 0 Å². The number of aromatic nitrogens is 2. The number of carbonyl (C=O) groups is 1. The molecule has 0 saturated heterocycles. The summed E-state index contributed by atoms with van der Waals surface area (Å²) in [5.41, 5.74) is 1.95. The summed E-state index contributed by atoms with van der Waals surface area (Å²) in [6.07, 6.45) is 7.09. The van der Waals surface area contributed by atoms with Crippen LogP contribution in [0, 0.1) is 0 Å². The van der Waals surface area contributed by atoms with E-state index in [-0.39, 0.29) is 16.1 Å². The molecular formula is C23H18ClN3O4S. The molecule has 0 spiro atoms. The van der Waals surface area contributed by atoms with Crippen molar-refractivity contribution >= 4 is 45.3 Å². The van der Waals surface area contributed by atoms with E-state index < -0.39 is 5.97 Å². The van der Waals surface area contributed by atoms with Crippen LogP contribution in [-0.4, -0.2) is 29.0 Å². The number of ether oxygens (including phenoxy) is 1. The first-order chi connectivity index (χ1) is 15.5. The van der Waals surface area contributed by atoms with E-state index in [0.717, 1.165) is 36.1 Å². The number of esters is 1. The molecule has 162 valence electrons. The average molecular weight is 468 g/mol. The Bertz CT molecular complexity index is 1430. The van der Waals surface area contributed by atoms with E-state index >= 15 is 0 Å². The van der Waals surface area contributed by atoms with Gasteiger partial charge in [-0.15, -0.1) is 11.3 Å². The molecule has 3 aromatic heterocycles. The molecule has 0 radical (unpaired) electrons. The van der Waals surface area contributed by atoms with E-state index in [1.807, 2.05) is 0 Å². The number of halogens is 1. The normalized spacial score (nSPS) is 13.6. The minimum absolute atomic E-state index is 0.164. The Morgan fingerprint density at radius 2 is 2.12 bits per heavy atom. The maximum Gasteiger partial charge on any atom is 0.339 e. The first-order valence-corrected chi connectivity index (χ1v) is 11.3. The first kappa shape index (κ1) is 20.7. The summed E-state index contributed by atoms with van der Waals surface area (Å²) in [7, 11) is 1.30. The van der Waals surface area contributed by atoms with Gasteiger partial charge in [-0.3, -0.25) is 4.79 Å². The summed E-state index contributed by atoms with van der Waals surface area (Å²) in [6, 6.07) is 8.45. The van der Waals surface area contributed by atoms with E-state index in [1.165, 1.54) is 29.2 Å². The van der Waals surface area contributed by atoms with Crippen molar-refractivity contribution in [1.29, 1.82) is 0 Å². The quantitative estimate of drug-likeness (QED) is 0.314. The van der Waals surface area contributed by atoms with Gasteiger partial charge < -0.3 is 9.15 Å². The van der Waals surface area contributed by atoms with Gasteiger partial charge in [-0.2, -0.15) is 9.78 Å². The lowest BCUT2D eigenvalue weighted by Crippen LogP contribution is -2.17. The summed E-state index contributed by atoms with van der Waals surface area (Å²) in [5.74, 6) is 0.516. The van der Waals surface area contributed by atoms with Crippen molar-refractivity contribution in [3.63, 3.8) is 0 Å². The standard InChI is InChI=1S/C23H18ClN3O4S/c1-30-23(29)15-8-6-13(10-17(15)24)18-9-7-14(31-18)11-26-27-12-25-21-20(22(27)28)16-4-2-3-5-19(16)32-21/h6-12H,2-5H2,1H3/b26-11-. The highest BCUT2D eigenvalue weighted by Gasteiger charge is 2.20. The number of furan rings is 1. The molecule has 0 aliphatic heterocycles. The van der Waals surface area contributed by atoms with Crippen LogP contribution in [0.1, 0.15) is 39.4 Å². The Balaban J connectivity index is 1.42. The molecule has 5 rings (SSSR count). The Kier molecular flexibility index (Phi) is 5.40. The fourth-order valence-electron chi connectivity index (χ4n) is 3.86. The Morgan fingerprint density at radius 3 is 2.94 bits per heavy atom. The predicted molar refractivity (Wildman–Crippen MR) is 124 cm³/mol. The molecule has 0 atom stereocenters. The molecule has 1 aromatic carbocycles. The highest BCUT2D eigenvalue weighted by atomic mass is 35.5. The fraction of sp³-hybridized carbons (Fsp3) is 0.217. The maximum absolute atomic E-state index is 13.0. The number of hydrogen-bond acceptors (Lipinski definition) is 7. The second-order valence-corrected chi connectivity index (χ2v) is 8.91. The lowest BCUT2D eigenvalue weighted by molar-refractivity contribution is 0.0601. The minimum Gasteiger partial charge on any atom is -0.465 e. The van der Waals surface area contributed by atoms with Crippen molar-refractivity contribution in [1.82, 2.24) is 9.66 Å². The van der Waals surface area contributed by atoms with Crippen LogP contribution in [0.25, 0.3) is 21.5 Å². The number of nitrogens with zero attached hydrogens (tertiary/aromatic N) is 3. The highest BCUT2D eigenvalue weighted by molar-refractivity contribution is 7.18. The van der Waals surface area contributed by atoms with Gasteiger partial charge in [-0.05, 0) is 55.5 Å². The van der Waals surface area contributed by atoms with E-state index in [2.05, 4.69) is 10.1 Å². The molecule has 0 amide bonds. The van der Waals surface area contributed by atoms with Gasteiger partial charge in [0.1, 0.15) is 22.7 Å². The van der Waals surface area contributed by atoms with Crippen molar-refractivity contribution in [2.45, 2.75) is 25.7 Å². The number of benzene rings is 1. The number of rotatable bonds is 4. The van der Waals surface area contributed by atoms with E-state index in [4.69, 9.17) is 20.8 Å². The zero-order valence-electron chi connectivity index (χ0n) is 17.1. The number of thiophene rings is 1. The van der Waals surface area contributed by atoms with E-state index in [9.17, 15) is 9.59 Å². The van der Waals surface area contributed by atoms with Gasteiger partial charge in [0, 0.05) is 10.4 Å². The SMILES string of the molecule is COC(=O)c1ccc(-c2ccc(/C=N\n3cnc4sc5c(c4c3=O)CCCC5)o2)cc1Cl. The molecule has 32 heavy (non-hydrogen) atoms. The van der Waals surface area contributed by atoms with Crippen LogP contribution in [-0.2, 0) is 17.6 Å². The molecule has 1 aliphatic carbocycles. The second-order valence-electron chi connectivity index (χ2n) is 7.42. The lowest BCUT2D eigenvalue weighted by Gasteiger charge is -2.09. The lowest BCUT2D eigenvalue weighted by atomic mass is 9.97. The predicted octanol–water partition coefficient (Wildman–Crippen LogP) is 4.92. The summed E-state index contributed by atoms with van der Waals surface area (Å²) in [5, 5.41) is 5.22. The van der Waals surface area contributed by atoms with Crippen LogP contribution in [0.3, 0.4) is 0 Å². The monoisotopic (exact) mass is 467 g/mol. The fourth-order valence-corrected chi connectivity index (χ4v) is 5.34. The smallest absolute Gasteiger partial charge is 0.339 e. The molecule has 9 heteroatoms. The third-order valence-corrected chi connectivity index (χ3v) is 6.97. The van der Waals surface area contributed by atoms with Gasteiger partial charge >= 0.3 is 5.97 Å². The van der Waals surface area contributed by atoms with Gasteiger partial charge in [0.25, 0.3) is 5.56 Å². The number of carbonyl (C=O) groups excluding carboxylic acids is 1. The van der Waals surface area contributed by atoms with E-state index in [1.54, 1.807) is 41.7 Å².